The van der Waals surface area contributed by atoms with Crippen LogP contribution in [0, 0.1) is 11.3 Å². The summed E-state index contributed by atoms with van der Waals surface area (Å²) < 4.78 is 9.98. The van der Waals surface area contributed by atoms with Gasteiger partial charge >= 0.3 is 5.97 Å². The third kappa shape index (κ3) is 3.42. The molecule has 0 unspecified atom stereocenters. The monoisotopic (exact) mass is 284 g/mol. The van der Waals surface area contributed by atoms with Crippen LogP contribution in [0.2, 0.25) is 0 Å². The first-order chi connectivity index (χ1) is 10.2. The van der Waals surface area contributed by atoms with Gasteiger partial charge in [-0.05, 0) is 37.5 Å². The van der Waals surface area contributed by atoms with Gasteiger partial charge in [0, 0.05) is 5.56 Å². The highest BCUT2D eigenvalue weighted by Gasteiger charge is 2.11. The number of nitrogen functional groups attached to an aromatic ring is 1. The van der Waals surface area contributed by atoms with Crippen molar-refractivity contribution in [2.75, 3.05) is 12.3 Å². The Morgan fingerprint density at radius 3 is 2.67 bits per heavy atom. The van der Waals surface area contributed by atoms with E-state index in [0.29, 0.717) is 24.2 Å². The standard InChI is InChI=1S/C16H16N2O3/c1-2-20-16(19)12-6-3-11(4-7-12)5-8-13-10-21-15(18)14(13)9-17/h3-4,6-7,10H,2,5,8,18H2,1H3. The number of nitrogens with two attached hydrogens (primary N) is 1. The van der Waals surface area contributed by atoms with Crippen LogP contribution in [-0.2, 0) is 17.6 Å². The molecule has 1 aromatic carbocycles. The molecule has 2 aromatic rings. The predicted molar refractivity (Wildman–Crippen MR) is 77.6 cm³/mol. The minimum Gasteiger partial charge on any atom is -0.462 e. The lowest BCUT2D eigenvalue weighted by Gasteiger charge is -2.04. The average Bonchev–Trinajstić information content (AvgIpc) is 2.86. The number of nitrogens with zero attached hydrogens (tertiary/aromatic N) is 1. The number of furan rings is 1. The smallest absolute Gasteiger partial charge is 0.338 e. The van der Waals surface area contributed by atoms with E-state index in [4.69, 9.17) is 20.1 Å². The molecule has 0 amide bonds. The predicted octanol–water partition coefficient (Wildman–Crippen LogP) is 2.70. The first-order valence-corrected chi connectivity index (χ1v) is 6.67. The van der Waals surface area contributed by atoms with Gasteiger partial charge in [0.1, 0.15) is 11.6 Å². The average molecular weight is 284 g/mol. The molecule has 0 spiro atoms. The molecule has 0 saturated heterocycles. The summed E-state index contributed by atoms with van der Waals surface area (Å²) in [6.07, 6.45) is 2.90. The van der Waals surface area contributed by atoms with Crippen LogP contribution in [0.3, 0.4) is 0 Å². The van der Waals surface area contributed by atoms with Crippen LogP contribution in [0.5, 0.6) is 0 Å². The number of ether oxygens (including phenoxy) is 1. The molecule has 0 saturated carbocycles. The van der Waals surface area contributed by atoms with Crippen molar-refractivity contribution in [2.24, 2.45) is 0 Å². The third-order valence-corrected chi connectivity index (χ3v) is 3.16. The highest BCUT2D eigenvalue weighted by atomic mass is 16.5. The molecule has 0 radical (unpaired) electrons. The molecule has 21 heavy (non-hydrogen) atoms. The number of rotatable bonds is 5. The van der Waals surface area contributed by atoms with Gasteiger partial charge in [-0.3, -0.25) is 0 Å². The summed E-state index contributed by atoms with van der Waals surface area (Å²) >= 11 is 0. The molecule has 0 aliphatic rings. The minimum atomic E-state index is -0.321. The zero-order chi connectivity index (χ0) is 15.2. The highest BCUT2D eigenvalue weighted by Crippen LogP contribution is 2.20. The first kappa shape index (κ1) is 14.7. The molecule has 5 nitrogen and oxygen atoms in total. The second kappa shape index (κ2) is 6.62. The quantitative estimate of drug-likeness (QED) is 0.852. The number of hydrogen-bond acceptors (Lipinski definition) is 5. The molecule has 0 aliphatic heterocycles. The van der Waals surface area contributed by atoms with Crippen LogP contribution in [0.4, 0.5) is 5.88 Å². The van der Waals surface area contributed by atoms with Crippen molar-refractivity contribution in [3.63, 3.8) is 0 Å². The van der Waals surface area contributed by atoms with E-state index >= 15 is 0 Å². The largest absolute Gasteiger partial charge is 0.462 e. The van der Waals surface area contributed by atoms with Crippen LogP contribution >= 0.6 is 0 Å². The maximum atomic E-state index is 11.5. The molecule has 0 bridgehead atoms. The fourth-order valence-electron chi connectivity index (χ4n) is 2.02. The van der Waals surface area contributed by atoms with Gasteiger partial charge in [0.05, 0.1) is 18.4 Å². The second-order valence-corrected chi connectivity index (χ2v) is 4.53. The van der Waals surface area contributed by atoms with Crippen molar-refractivity contribution in [2.45, 2.75) is 19.8 Å². The number of anilines is 1. The molecule has 0 fully saturated rings. The second-order valence-electron chi connectivity index (χ2n) is 4.53. The number of carbonyl (C=O) groups excluding carboxylic acids is 1. The number of carbonyl (C=O) groups is 1. The Bertz CT molecular complexity index is 666. The van der Waals surface area contributed by atoms with Crippen molar-refractivity contribution in [1.82, 2.24) is 0 Å². The fraction of sp³-hybridized carbons (Fsp3) is 0.250. The number of esters is 1. The summed E-state index contributed by atoms with van der Waals surface area (Å²) in [5.74, 6) is -0.163. The van der Waals surface area contributed by atoms with Crippen LogP contribution in [0.1, 0.15) is 34.0 Å². The Balaban J connectivity index is 2.01. The summed E-state index contributed by atoms with van der Waals surface area (Å²) in [6, 6.07) is 9.27. The lowest BCUT2D eigenvalue weighted by Crippen LogP contribution is -2.04. The molecular formula is C16H16N2O3. The van der Waals surface area contributed by atoms with E-state index in [-0.39, 0.29) is 11.9 Å². The normalized spacial score (nSPS) is 10.1. The topological polar surface area (TPSA) is 89.2 Å². The van der Waals surface area contributed by atoms with E-state index in [1.54, 1.807) is 19.1 Å². The zero-order valence-corrected chi connectivity index (χ0v) is 11.8. The van der Waals surface area contributed by atoms with E-state index in [0.717, 1.165) is 17.5 Å². The van der Waals surface area contributed by atoms with E-state index in [1.165, 1.54) is 6.26 Å². The third-order valence-electron chi connectivity index (χ3n) is 3.16. The molecule has 1 aromatic heterocycles. The minimum absolute atomic E-state index is 0.158. The first-order valence-electron chi connectivity index (χ1n) is 6.67. The number of aryl methyl sites for hydroxylation is 2. The van der Waals surface area contributed by atoms with Gasteiger partial charge in [0.25, 0.3) is 0 Å². The number of hydrogen-bond donors (Lipinski definition) is 1. The maximum Gasteiger partial charge on any atom is 0.338 e. The van der Waals surface area contributed by atoms with Crippen LogP contribution < -0.4 is 5.73 Å². The Hall–Kier alpha value is -2.74. The van der Waals surface area contributed by atoms with Gasteiger partial charge in [-0.2, -0.15) is 5.26 Å². The lowest BCUT2D eigenvalue weighted by atomic mass is 10.0. The summed E-state index contributed by atoms with van der Waals surface area (Å²) in [4.78, 5) is 11.5. The van der Waals surface area contributed by atoms with Gasteiger partial charge in [-0.25, -0.2) is 4.79 Å². The zero-order valence-electron chi connectivity index (χ0n) is 11.8. The van der Waals surface area contributed by atoms with Crippen LogP contribution in [-0.4, -0.2) is 12.6 Å². The van der Waals surface area contributed by atoms with E-state index in [1.807, 2.05) is 18.2 Å². The van der Waals surface area contributed by atoms with E-state index in [9.17, 15) is 4.79 Å². The Morgan fingerprint density at radius 1 is 1.33 bits per heavy atom. The summed E-state index contributed by atoms with van der Waals surface area (Å²) in [5.41, 5.74) is 8.35. The van der Waals surface area contributed by atoms with Gasteiger partial charge < -0.3 is 14.9 Å². The molecule has 1 heterocycles. The SMILES string of the molecule is CCOC(=O)c1ccc(CCc2coc(N)c2C#N)cc1. The van der Waals surface area contributed by atoms with Crippen molar-refractivity contribution < 1.29 is 13.9 Å². The lowest BCUT2D eigenvalue weighted by molar-refractivity contribution is 0.0526. The maximum absolute atomic E-state index is 11.5. The highest BCUT2D eigenvalue weighted by molar-refractivity contribution is 5.89. The van der Waals surface area contributed by atoms with Crippen LogP contribution in [0.15, 0.2) is 34.9 Å². The molecule has 2 rings (SSSR count). The van der Waals surface area contributed by atoms with Gasteiger partial charge in [-0.15, -0.1) is 0 Å². The molecule has 108 valence electrons. The van der Waals surface area contributed by atoms with E-state index in [2.05, 4.69) is 0 Å². The fourth-order valence-corrected chi connectivity index (χ4v) is 2.02. The molecule has 0 atom stereocenters. The summed E-state index contributed by atoms with van der Waals surface area (Å²) in [5, 5.41) is 8.99. The van der Waals surface area contributed by atoms with Gasteiger partial charge in [0.15, 0.2) is 0 Å². The van der Waals surface area contributed by atoms with Crippen molar-refractivity contribution in [3.05, 3.63) is 52.8 Å². The number of benzene rings is 1. The summed E-state index contributed by atoms with van der Waals surface area (Å²) in [6.45, 7) is 2.13. The Labute approximate surface area is 122 Å². The molecule has 2 N–H and O–H groups in total. The molecular weight excluding hydrogens is 268 g/mol. The van der Waals surface area contributed by atoms with Crippen molar-refractivity contribution in [3.8, 4) is 6.07 Å². The van der Waals surface area contributed by atoms with Crippen molar-refractivity contribution in [1.29, 1.82) is 5.26 Å². The van der Waals surface area contributed by atoms with Gasteiger partial charge in [-0.1, -0.05) is 12.1 Å². The van der Waals surface area contributed by atoms with Crippen LogP contribution in [0.25, 0.3) is 0 Å². The Kier molecular flexibility index (Phi) is 4.62. The molecule has 5 heteroatoms. The van der Waals surface area contributed by atoms with Crippen molar-refractivity contribution >= 4 is 11.9 Å². The summed E-state index contributed by atoms with van der Waals surface area (Å²) in [7, 11) is 0. The molecule has 0 aliphatic carbocycles. The Morgan fingerprint density at radius 2 is 2.05 bits per heavy atom. The number of nitriles is 1. The van der Waals surface area contributed by atoms with E-state index < -0.39 is 0 Å². The van der Waals surface area contributed by atoms with Gasteiger partial charge in [0.2, 0.25) is 5.88 Å².